The van der Waals surface area contributed by atoms with Gasteiger partial charge in [0.25, 0.3) is 11.8 Å². The fourth-order valence-electron chi connectivity index (χ4n) is 4.08. The van der Waals surface area contributed by atoms with Crippen molar-refractivity contribution in [2.24, 2.45) is 0 Å². The molecule has 1 N–H and O–H groups in total. The highest BCUT2D eigenvalue weighted by molar-refractivity contribution is 6.07. The van der Waals surface area contributed by atoms with Crippen molar-refractivity contribution in [1.82, 2.24) is 14.8 Å². The predicted octanol–water partition coefficient (Wildman–Crippen LogP) is 3.57. The van der Waals surface area contributed by atoms with E-state index in [1.54, 1.807) is 40.1 Å². The maximum atomic E-state index is 13.4. The van der Waals surface area contributed by atoms with Crippen molar-refractivity contribution >= 4 is 23.6 Å². The highest BCUT2D eigenvalue weighted by atomic mass is 16.6. The first-order valence-electron chi connectivity index (χ1n) is 11.3. The summed E-state index contributed by atoms with van der Waals surface area (Å²) in [6.07, 6.45) is 2.65. The normalized spacial score (nSPS) is 16.9. The molecule has 1 spiro atoms. The lowest BCUT2D eigenvalue weighted by Gasteiger charge is -2.50. The van der Waals surface area contributed by atoms with Crippen LogP contribution in [0.5, 0.6) is 5.75 Å². The topological polar surface area (TPSA) is 101 Å². The van der Waals surface area contributed by atoms with E-state index in [0.717, 1.165) is 0 Å². The maximum Gasteiger partial charge on any atom is 0.410 e. The molecule has 34 heavy (non-hydrogen) atoms. The average Bonchev–Trinajstić information content (AvgIpc) is 2.88. The van der Waals surface area contributed by atoms with Gasteiger partial charge < -0.3 is 19.7 Å². The summed E-state index contributed by atoms with van der Waals surface area (Å²) in [6.45, 7) is 10.2. The minimum Gasteiger partial charge on any atom is -0.479 e. The number of hydrogen-bond donors (Lipinski definition) is 1. The third-order valence-electron chi connectivity index (χ3n) is 5.71. The zero-order chi connectivity index (χ0) is 24.7. The number of aromatic nitrogens is 1. The van der Waals surface area contributed by atoms with Crippen LogP contribution in [0.4, 0.5) is 10.5 Å². The number of para-hydroxylation sites is 1. The number of hydrogen-bond acceptors (Lipinski definition) is 6. The summed E-state index contributed by atoms with van der Waals surface area (Å²) in [4.78, 5) is 46.0. The molecule has 1 aromatic carbocycles. The molecule has 4 rings (SSSR count). The predicted molar refractivity (Wildman–Crippen MR) is 126 cm³/mol. The third kappa shape index (κ3) is 4.69. The van der Waals surface area contributed by atoms with Crippen molar-refractivity contribution in [2.75, 3.05) is 25.0 Å². The molecular weight excluding hydrogens is 436 g/mol. The number of benzene rings is 1. The molecule has 2 aromatic rings. The van der Waals surface area contributed by atoms with Crippen LogP contribution in [0.25, 0.3) is 0 Å². The van der Waals surface area contributed by atoms with Crippen LogP contribution < -0.4 is 10.1 Å². The summed E-state index contributed by atoms with van der Waals surface area (Å²) in [5.41, 5.74) is -0.214. The van der Waals surface area contributed by atoms with E-state index in [0.29, 0.717) is 29.1 Å². The molecule has 0 atom stereocenters. The van der Waals surface area contributed by atoms with E-state index in [9.17, 15) is 14.4 Å². The van der Waals surface area contributed by atoms with Gasteiger partial charge in [-0.05, 0) is 58.9 Å². The SMILES string of the molecule is CC(C)N1CC2(CN(C(=O)OC(C)(C)C)C2)Oc2c(NC(=O)c3ccncc3)cccc2C1=O. The monoisotopic (exact) mass is 466 g/mol. The average molecular weight is 467 g/mol. The van der Waals surface area contributed by atoms with Crippen molar-refractivity contribution in [2.45, 2.75) is 51.9 Å². The van der Waals surface area contributed by atoms with Gasteiger partial charge in [-0.1, -0.05) is 6.07 Å². The highest BCUT2D eigenvalue weighted by Crippen LogP contribution is 2.40. The van der Waals surface area contributed by atoms with E-state index in [2.05, 4.69) is 10.3 Å². The molecule has 9 heteroatoms. The summed E-state index contributed by atoms with van der Waals surface area (Å²) in [5.74, 6) is -0.214. The van der Waals surface area contributed by atoms with E-state index in [4.69, 9.17) is 9.47 Å². The zero-order valence-electron chi connectivity index (χ0n) is 20.1. The van der Waals surface area contributed by atoms with Gasteiger partial charge in [-0.25, -0.2) is 4.79 Å². The Morgan fingerprint density at radius 2 is 1.79 bits per heavy atom. The number of pyridine rings is 1. The van der Waals surface area contributed by atoms with Gasteiger partial charge in [-0.3, -0.25) is 19.5 Å². The van der Waals surface area contributed by atoms with Crippen LogP contribution >= 0.6 is 0 Å². The molecule has 1 saturated heterocycles. The van der Waals surface area contributed by atoms with Crippen molar-refractivity contribution in [3.8, 4) is 5.75 Å². The maximum absolute atomic E-state index is 13.4. The lowest BCUT2D eigenvalue weighted by Crippen LogP contribution is -2.70. The molecule has 1 fully saturated rings. The molecule has 2 aliphatic rings. The molecule has 0 saturated carbocycles. The number of carbonyl (C=O) groups excluding carboxylic acids is 3. The molecule has 0 aliphatic carbocycles. The second kappa shape index (κ2) is 8.62. The van der Waals surface area contributed by atoms with Gasteiger partial charge in [-0.15, -0.1) is 0 Å². The van der Waals surface area contributed by atoms with Crippen molar-refractivity contribution in [3.63, 3.8) is 0 Å². The number of nitrogens with one attached hydrogen (secondary N) is 1. The number of ether oxygens (including phenoxy) is 2. The van der Waals surface area contributed by atoms with Crippen LogP contribution in [-0.2, 0) is 4.74 Å². The molecule has 0 unspecified atom stereocenters. The van der Waals surface area contributed by atoms with Crippen LogP contribution in [-0.4, -0.2) is 69.6 Å². The molecule has 3 heterocycles. The van der Waals surface area contributed by atoms with E-state index < -0.39 is 17.3 Å². The zero-order valence-corrected chi connectivity index (χ0v) is 20.1. The molecule has 9 nitrogen and oxygen atoms in total. The Morgan fingerprint density at radius 3 is 2.41 bits per heavy atom. The second-order valence-corrected chi connectivity index (χ2v) is 10.0. The Bertz CT molecular complexity index is 1100. The summed E-state index contributed by atoms with van der Waals surface area (Å²) >= 11 is 0. The summed E-state index contributed by atoms with van der Waals surface area (Å²) in [5, 5.41) is 2.86. The van der Waals surface area contributed by atoms with Crippen molar-refractivity contribution < 1.29 is 23.9 Å². The Labute approximate surface area is 199 Å². The first-order valence-corrected chi connectivity index (χ1v) is 11.3. The minimum absolute atomic E-state index is 0.0791. The lowest BCUT2D eigenvalue weighted by molar-refractivity contribution is -0.0905. The molecule has 1 aromatic heterocycles. The minimum atomic E-state index is -0.806. The quantitative estimate of drug-likeness (QED) is 0.742. The van der Waals surface area contributed by atoms with Gasteiger partial charge in [0, 0.05) is 24.0 Å². The Balaban J connectivity index is 1.65. The van der Waals surface area contributed by atoms with Crippen LogP contribution in [0.3, 0.4) is 0 Å². The standard InChI is InChI=1S/C25H30N4O5/c1-16(2)29-15-25(13-28(14-25)23(32)34-24(3,4)5)33-20-18(22(29)31)7-6-8-19(20)27-21(30)17-9-11-26-12-10-17/h6-12,16H,13-15H2,1-5H3,(H,27,30). The molecule has 0 bridgehead atoms. The van der Waals surface area contributed by atoms with E-state index in [1.807, 2.05) is 34.6 Å². The summed E-state index contributed by atoms with van der Waals surface area (Å²) in [7, 11) is 0. The number of nitrogens with zero attached hydrogens (tertiary/aromatic N) is 3. The van der Waals surface area contributed by atoms with Gasteiger partial charge in [0.1, 0.15) is 5.60 Å². The Morgan fingerprint density at radius 1 is 1.12 bits per heavy atom. The number of fused-ring (bicyclic) bond motifs is 1. The molecule has 0 radical (unpaired) electrons. The fourth-order valence-corrected chi connectivity index (χ4v) is 4.08. The lowest BCUT2D eigenvalue weighted by atomic mass is 9.93. The third-order valence-corrected chi connectivity index (χ3v) is 5.71. The second-order valence-electron chi connectivity index (χ2n) is 10.0. The van der Waals surface area contributed by atoms with Crippen LogP contribution in [0.2, 0.25) is 0 Å². The van der Waals surface area contributed by atoms with Crippen LogP contribution in [0.1, 0.15) is 55.3 Å². The van der Waals surface area contributed by atoms with E-state index in [-0.39, 0.29) is 30.9 Å². The van der Waals surface area contributed by atoms with Crippen molar-refractivity contribution in [3.05, 3.63) is 53.9 Å². The Hall–Kier alpha value is -3.62. The van der Waals surface area contributed by atoms with Gasteiger partial charge in [0.2, 0.25) is 0 Å². The highest BCUT2D eigenvalue weighted by Gasteiger charge is 2.53. The number of amides is 3. The summed E-state index contributed by atoms with van der Waals surface area (Å²) < 4.78 is 12.0. The van der Waals surface area contributed by atoms with E-state index >= 15 is 0 Å². The molecule has 2 aliphatic heterocycles. The number of anilines is 1. The largest absolute Gasteiger partial charge is 0.479 e. The first kappa shape index (κ1) is 23.5. The molecule has 180 valence electrons. The van der Waals surface area contributed by atoms with Crippen molar-refractivity contribution in [1.29, 1.82) is 0 Å². The molecular formula is C25H30N4O5. The van der Waals surface area contributed by atoms with Gasteiger partial charge in [-0.2, -0.15) is 0 Å². The van der Waals surface area contributed by atoms with Gasteiger partial charge >= 0.3 is 6.09 Å². The van der Waals surface area contributed by atoms with E-state index in [1.165, 1.54) is 12.4 Å². The number of rotatable bonds is 3. The molecule has 3 amide bonds. The number of likely N-dealkylation sites (tertiary alicyclic amines) is 1. The summed E-state index contributed by atoms with van der Waals surface area (Å²) in [6, 6.07) is 8.24. The van der Waals surface area contributed by atoms with Gasteiger partial charge in [0.15, 0.2) is 11.4 Å². The number of carbonyl (C=O) groups is 3. The smallest absolute Gasteiger partial charge is 0.410 e. The van der Waals surface area contributed by atoms with Gasteiger partial charge in [0.05, 0.1) is 30.9 Å². The van der Waals surface area contributed by atoms with Crippen LogP contribution in [0, 0.1) is 0 Å². The van der Waals surface area contributed by atoms with Crippen LogP contribution in [0.15, 0.2) is 42.7 Å². The fraction of sp³-hybridized carbons (Fsp3) is 0.440. The Kier molecular flexibility index (Phi) is 5.97. The first-order chi connectivity index (χ1) is 16.0.